The van der Waals surface area contributed by atoms with Crippen molar-refractivity contribution in [3.63, 3.8) is 0 Å². The Bertz CT molecular complexity index is 2550. The number of nitrogens with one attached hydrogen (secondary N) is 1. The van der Waals surface area contributed by atoms with E-state index in [1.165, 1.54) is 24.3 Å². The van der Waals surface area contributed by atoms with Crippen LogP contribution in [0, 0.1) is 11.6 Å². The summed E-state index contributed by atoms with van der Waals surface area (Å²) in [6.45, 7) is 0.746. The number of halogens is 4. The van der Waals surface area contributed by atoms with Crippen molar-refractivity contribution in [2.24, 2.45) is 0 Å². The molecule has 0 aliphatic heterocycles. The molecule has 0 aliphatic carbocycles. The van der Waals surface area contributed by atoms with Crippen LogP contribution in [0.5, 0.6) is 0 Å². The van der Waals surface area contributed by atoms with E-state index in [1.54, 1.807) is 57.9 Å². The van der Waals surface area contributed by atoms with E-state index in [2.05, 4.69) is 15.5 Å². The van der Waals surface area contributed by atoms with Crippen LogP contribution in [0.25, 0.3) is 44.1 Å². The number of esters is 1. The fourth-order valence-electron chi connectivity index (χ4n) is 6.76. The molecule has 6 aromatic carbocycles. The number of carbonyl (C=O) groups excluding carboxylic acids is 2. The molecular formula is C44H31Cl2F2N5O3. The van der Waals surface area contributed by atoms with E-state index >= 15 is 0 Å². The molecule has 0 radical (unpaired) electrons. The molecule has 0 saturated heterocycles. The van der Waals surface area contributed by atoms with Gasteiger partial charge in [0.15, 0.2) is 0 Å². The highest BCUT2D eigenvalue weighted by Crippen LogP contribution is 2.31. The van der Waals surface area contributed by atoms with Crippen molar-refractivity contribution in [1.82, 2.24) is 24.9 Å². The predicted molar refractivity (Wildman–Crippen MR) is 214 cm³/mol. The molecule has 8 aromatic rings. The summed E-state index contributed by atoms with van der Waals surface area (Å²) in [5.41, 5.74) is 7.05. The minimum Gasteiger partial charge on any atom is -0.460 e. The summed E-state index contributed by atoms with van der Waals surface area (Å²) in [5, 5.41) is 14.5. The van der Waals surface area contributed by atoms with Crippen LogP contribution >= 0.6 is 23.2 Å². The lowest BCUT2D eigenvalue weighted by Gasteiger charge is -2.10. The van der Waals surface area contributed by atoms with Crippen molar-refractivity contribution in [2.45, 2.75) is 13.1 Å². The van der Waals surface area contributed by atoms with Crippen molar-refractivity contribution in [3.8, 4) is 22.3 Å². The van der Waals surface area contributed by atoms with Crippen LogP contribution < -0.4 is 5.32 Å². The van der Waals surface area contributed by atoms with Crippen LogP contribution in [0.2, 0.25) is 10.0 Å². The lowest BCUT2D eigenvalue weighted by atomic mass is 10.00. The van der Waals surface area contributed by atoms with E-state index in [0.29, 0.717) is 45.4 Å². The topological polar surface area (TPSA) is 91.0 Å². The van der Waals surface area contributed by atoms with Crippen molar-refractivity contribution >= 4 is 56.9 Å². The fraction of sp³-hybridized carbons (Fsp3) is 0.0909. The minimum atomic E-state index is -0.525. The van der Waals surface area contributed by atoms with Gasteiger partial charge in [0.05, 0.1) is 36.2 Å². The second-order valence-electron chi connectivity index (χ2n) is 13.2. The Morgan fingerprint density at radius 2 is 1.12 bits per heavy atom. The van der Waals surface area contributed by atoms with E-state index in [9.17, 15) is 18.4 Å². The number of carbonyl (C=O) groups is 2. The third-order valence-electron chi connectivity index (χ3n) is 9.19. The Hall–Kier alpha value is -6.36. The lowest BCUT2D eigenvalue weighted by molar-refractivity contribution is 0.0503. The van der Waals surface area contributed by atoms with E-state index in [1.807, 2.05) is 60.9 Å². The lowest BCUT2D eigenvalue weighted by Crippen LogP contribution is -2.28. The Morgan fingerprint density at radius 3 is 1.66 bits per heavy atom. The molecule has 56 heavy (non-hydrogen) atoms. The Labute approximate surface area is 329 Å². The molecule has 278 valence electrons. The van der Waals surface area contributed by atoms with E-state index in [4.69, 9.17) is 27.9 Å². The molecule has 0 saturated carbocycles. The summed E-state index contributed by atoms with van der Waals surface area (Å²) in [7, 11) is 0. The molecule has 12 heteroatoms. The van der Waals surface area contributed by atoms with Gasteiger partial charge in [0.1, 0.15) is 18.2 Å². The van der Waals surface area contributed by atoms with Gasteiger partial charge in [0, 0.05) is 38.8 Å². The number of benzene rings is 6. The summed E-state index contributed by atoms with van der Waals surface area (Å²) in [5.74, 6) is -1.66. The van der Waals surface area contributed by atoms with Gasteiger partial charge in [-0.1, -0.05) is 71.7 Å². The number of rotatable bonds is 11. The van der Waals surface area contributed by atoms with Gasteiger partial charge in [-0.3, -0.25) is 14.2 Å². The Kier molecular flexibility index (Phi) is 10.3. The number of ether oxygens (including phenoxy) is 1. The number of fused-ring (bicyclic) bond motifs is 2. The van der Waals surface area contributed by atoms with E-state index in [-0.39, 0.29) is 19.1 Å². The standard InChI is InChI=1S/C44H31Cl2F2N5O3/c45-33-15-27(17-35(47)21-33)23-52-25-39-37(9-3-11-41(39)50-52)29-5-1-7-31(19-29)43(54)49-13-14-56-44(55)32-8-2-6-30(20-32)38-10-4-12-42-40(38)26-53(51-42)24-28-16-34(46)22-36(48)18-28/h1-12,15-22,25-26H,13-14,23-24H2,(H,49,54). The van der Waals surface area contributed by atoms with Crippen LogP contribution in [0.3, 0.4) is 0 Å². The maximum atomic E-state index is 13.9. The van der Waals surface area contributed by atoms with Gasteiger partial charge in [0.25, 0.3) is 5.91 Å². The first-order chi connectivity index (χ1) is 27.1. The summed E-state index contributed by atoms with van der Waals surface area (Å²) in [6, 6.07) is 34.6. The minimum absolute atomic E-state index is 0.0318. The zero-order valence-electron chi connectivity index (χ0n) is 29.6. The molecule has 1 N–H and O–H groups in total. The smallest absolute Gasteiger partial charge is 0.338 e. The fourth-order valence-corrected chi connectivity index (χ4v) is 7.25. The number of nitrogens with zero attached hydrogens (tertiary/aromatic N) is 4. The first-order valence-corrected chi connectivity index (χ1v) is 18.4. The normalized spacial score (nSPS) is 11.3. The highest BCUT2D eigenvalue weighted by Gasteiger charge is 2.15. The quantitative estimate of drug-likeness (QED) is 0.104. The van der Waals surface area contributed by atoms with Gasteiger partial charge >= 0.3 is 5.97 Å². The molecule has 0 aliphatic rings. The second kappa shape index (κ2) is 15.8. The van der Waals surface area contributed by atoms with Gasteiger partial charge in [-0.15, -0.1) is 0 Å². The van der Waals surface area contributed by atoms with Crippen LogP contribution in [-0.2, 0) is 17.8 Å². The number of hydrogen-bond donors (Lipinski definition) is 1. The van der Waals surface area contributed by atoms with Crippen LogP contribution in [0.1, 0.15) is 31.8 Å². The average molecular weight is 787 g/mol. The largest absolute Gasteiger partial charge is 0.460 e. The summed E-state index contributed by atoms with van der Waals surface area (Å²) < 4.78 is 36.8. The van der Waals surface area contributed by atoms with Crippen LogP contribution in [0.15, 0.2) is 134 Å². The average Bonchev–Trinajstić information content (AvgIpc) is 3.78. The first-order valence-electron chi connectivity index (χ1n) is 17.6. The summed E-state index contributed by atoms with van der Waals surface area (Å²) in [4.78, 5) is 26.3. The van der Waals surface area contributed by atoms with Crippen molar-refractivity contribution < 1.29 is 23.1 Å². The van der Waals surface area contributed by atoms with Crippen molar-refractivity contribution in [3.05, 3.63) is 178 Å². The van der Waals surface area contributed by atoms with E-state index < -0.39 is 17.6 Å². The Morgan fingerprint density at radius 1 is 0.625 bits per heavy atom. The monoisotopic (exact) mass is 785 g/mol. The van der Waals surface area contributed by atoms with Gasteiger partial charge in [0.2, 0.25) is 0 Å². The summed E-state index contributed by atoms with van der Waals surface area (Å²) in [6.07, 6.45) is 3.78. The molecule has 0 unspecified atom stereocenters. The molecular weight excluding hydrogens is 755 g/mol. The molecule has 8 nitrogen and oxygen atoms in total. The van der Waals surface area contributed by atoms with Gasteiger partial charge in [-0.2, -0.15) is 10.2 Å². The highest BCUT2D eigenvalue weighted by atomic mass is 35.5. The summed E-state index contributed by atoms with van der Waals surface area (Å²) >= 11 is 12.1. The van der Waals surface area contributed by atoms with Crippen LogP contribution in [0.4, 0.5) is 8.78 Å². The maximum Gasteiger partial charge on any atom is 0.338 e. The molecule has 2 heterocycles. The maximum absolute atomic E-state index is 13.9. The second-order valence-corrected chi connectivity index (χ2v) is 14.1. The first kappa shape index (κ1) is 36.6. The van der Waals surface area contributed by atoms with E-state index in [0.717, 1.165) is 44.1 Å². The molecule has 0 spiro atoms. The Balaban J connectivity index is 0.898. The molecule has 0 atom stereocenters. The number of amides is 1. The SMILES string of the molecule is O=C(NCCOC(=O)c1cccc(-c2cccc3nn(Cc4cc(F)cc(Cl)c4)cc23)c1)c1cccc(-c2cccc3nn(Cc4cc(F)cc(Cl)c4)cc23)c1. The third kappa shape index (κ3) is 8.17. The zero-order chi connectivity index (χ0) is 38.8. The van der Waals surface area contributed by atoms with Crippen molar-refractivity contribution in [2.75, 3.05) is 13.2 Å². The number of aromatic nitrogens is 4. The molecule has 0 fully saturated rings. The van der Waals surface area contributed by atoms with Gasteiger partial charge < -0.3 is 10.1 Å². The molecule has 1 amide bonds. The third-order valence-corrected chi connectivity index (χ3v) is 9.63. The highest BCUT2D eigenvalue weighted by molar-refractivity contribution is 6.31. The molecule has 2 aromatic heterocycles. The predicted octanol–water partition coefficient (Wildman–Crippen LogP) is 9.99. The molecule has 8 rings (SSSR count). The number of hydrogen-bond acceptors (Lipinski definition) is 5. The van der Waals surface area contributed by atoms with Gasteiger partial charge in [-0.05, 0) is 106 Å². The zero-order valence-corrected chi connectivity index (χ0v) is 31.1. The molecule has 0 bridgehead atoms. The van der Waals surface area contributed by atoms with Crippen LogP contribution in [-0.4, -0.2) is 44.6 Å². The van der Waals surface area contributed by atoms with Gasteiger partial charge in [-0.25, -0.2) is 13.6 Å². The van der Waals surface area contributed by atoms with Crippen molar-refractivity contribution in [1.29, 1.82) is 0 Å².